The minimum absolute atomic E-state index is 0.0310. The summed E-state index contributed by atoms with van der Waals surface area (Å²) in [6, 6.07) is 20.8. The third kappa shape index (κ3) is 5.44. The fourth-order valence-corrected chi connectivity index (χ4v) is 4.21. The highest BCUT2D eigenvalue weighted by atomic mass is 16.2. The van der Waals surface area contributed by atoms with Gasteiger partial charge in [0.25, 0.3) is 5.56 Å². The molecule has 0 radical (unpaired) electrons. The molecule has 4 N–H and O–H groups in total. The SMILES string of the molecule is CC(C#N)(NC(=O)CN(Cc1ccccc1)c1c(N)n(Cc2ccccc2)c(=O)[nH]c1=O)C1CC1. The van der Waals surface area contributed by atoms with Gasteiger partial charge in [-0.2, -0.15) is 5.26 Å². The second-order valence-electron chi connectivity index (χ2n) is 9.04. The molecule has 4 rings (SSSR count). The quantitative estimate of drug-likeness (QED) is 0.436. The maximum atomic E-state index is 13.1. The van der Waals surface area contributed by atoms with E-state index in [9.17, 15) is 19.6 Å². The first-order valence-electron chi connectivity index (χ1n) is 11.5. The van der Waals surface area contributed by atoms with Gasteiger partial charge >= 0.3 is 5.69 Å². The summed E-state index contributed by atoms with van der Waals surface area (Å²) in [5.74, 6) is -0.326. The zero-order valence-electron chi connectivity index (χ0n) is 19.5. The summed E-state index contributed by atoms with van der Waals surface area (Å²) in [5.41, 5.74) is 5.83. The van der Waals surface area contributed by atoms with Crippen LogP contribution in [0.25, 0.3) is 0 Å². The Kier molecular flexibility index (Phi) is 6.73. The van der Waals surface area contributed by atoms with Crippen LogP contribution in [0.3, 0.4) is 0 Å². The molecule has 1 aromatic heterocycles. The van der Waals surface area contributed by atoms with Gasteiger partial charge in [-0.15, -0.1) is 0 Å². The molecule has 1 aliphatic rings. The number of rotatable bonds is 9. The molecule has 1 unspecified atom stereocenters. The summed E-state index contributed by atoms with van der Waals surface area (Å²) in [7, 11) is 0. The molecule has 1 saturated carbocycles. The predicted molar refractivity (Wildman–Crippen MR) is 134 cm³/mol. The molecule has 1 aliphatic carbocycles. The molecule has 1 atom stereocenters. The van der Waals surface area contributed by atoms with E-state index in [0.717, 1.165) is 24.0 Å². The Morgan fingerprint density at radius 3 is 2.31 bits per heavy atom. The predicted octanol–water partition coefficient (Wildman–Crippen LogP) is 1.98. The number of H-pyrrole nitrogens is 1. The van der Waals surface area contributed by atoms with E-state index in [-0.39, 0.29) is 37.1 Å². The second-order valence-corrected chi connectivity index (χ2v) is 9.04. The van der Waals surface area contributed by atoms with Gasteiger partial charge in [0.05, 0.1) is 19.2 Å². The first-order chi connectivity index (χ1) is 16.8. The largest absolute Gasteiger partial charge is 0.383 e. The van der Waals surface area contributed by atoms with Crippen molar-refractivity contribution in [3.63, 3.8) is 0 Å². The first-order valence-corrected chi connectivity index (χ1v) is 11.5. The monoisotopic (exact) mass is 472 g/mol. The van der Waals surface area contributed by atoms with Crippen LogP contribution < -0.4 is 27.2 Å². The van der Waals surface area contributed by atoms with Crippen molar-refractivity contribution in [2.24, 2.45) is 5.92 Å². The van der Waals surface area contributed by atoms with Crippen molar-refractivity contribution >= 4 is 17.4 Å². The number of nitrogens with zero attached hydrogens (tertiary/aromatic N) is 3. The molecule has 1 amide bonds. The van der Waals surface area contributed by atoms with Crippen molar-refractivity contribution in [1.29, 1.82) is 5.26 Å². The number of hydrogen-bond donors (Lipinski definition) is 3. The Morgan fingerprint density at radius 1 is 1.14 bits per heavy atom. The Morgan fingerprint density at radius 2 is 1.74 bits per heavy atom. The van der Waals surface area contributed by atoms with E-state index in [0.29, 0.717) is 0 Å². The number of nitrogen functional groups attached to an aromatic ring is 1. The number of nitrogens with one attached hydrogen (secondary N) is 2. The van der Waals surface area contributed by atoms with Crippen molar-refractivity contribution in [3.8, 4) is 6.07 Å². The Labute approximate surface area is 202 Å². The maximum Gasteiger partial charge on any atom is 0.330 e. The van der Waals surface area contributed by atoms with Crippen LogP contribution >= 0.6 is 0 Å². The molecule has 0 bridgehead atoms. The van der Waals surface area contributed by atoms with Gasteiger partial charge in [0.2, 0.25) is 5.91 Å². The summed E-state index contributed by atoms with van der Waals surface area (Å²) in [6.07, 6.45) is 1.77. The fourth-order valence-electron chi connectivity index (χ4n) is 4.21. The second kappa shape index (κ2) is 9.89. The van der Waals surface area contributed by atoms with E-state index in [1.54, 1.807) is 11.8 Å². The smallest absolute Gasteiger partial charge is 0.330 e. The molecule has 2 aromatic carbocycles. The highest BCUT2D eigenvalue weighted by molar-refractivity contribution is 5.83. The molecule has 0 aliphatic heterocycles. The number of carbonyl (C=O) groups is 1. The van der Waals surface area contributed by atoms with Crippen LogP contribution in [-0.4, -0.2) is 27.5 Å². The van der Waals surface area contributed by atoms with Gasteiger partial charge in [-0.1, -0.05) is 60.7 Å². The van der Waals surface area contributed by atoms with E-state index in [4.69, 9.17) is 5.73 Å². The molecule has 180 valence electrons. The van der Waals surface area contributed by atoms with Crippen LogP contribution in [0.2, 0.25) is 0 Å². The van der Waals surface area contributed by atoms with E-state index in [1.807, 2.05) is 60.7 Å². The van der Waals surface area contributed by atoms with Crippen LogP contribution in [0, 0.1) is 17.2 Å². The van der Waals surface area contributed by atoms with Gasteiger partial charge in [-0.3, -0.25) is 19.1 Å². The van der Waals surface area contributed by atoms with Gasteiger partial charge < -0.3 is 16.0 Å². The summed E-state index contributed by atoms with van der Waals surface area (Å²) in [6.45, 7) is 1.87. The number of aromatic nitrogens is 2. The summed E-state index contributed by atoms with van der Waals surface area (Å²) in [4.78, 5) is 42.5. The van der Waals surface area contributed by atoms with Gasteiger partial charge in [0.1, 0.15) is 17.0 Å². The minimum Gasteiger partial charge on any atom is -0.383 e. The number of aromatic amines is 1. The number of benzene rings is 2. The summed E-state index contributed by atoms with van der Waals surface area (Å²) in [5, 5.41) is 12.5. The average Bonchev–Trinajstić information content (AvgIpc) is 3.69. The molecule has 35 heavy (non-hydrogen) atoms. The van der Waals surface area contributed by atoms with Gasteiger partial charge in [-0.05, 0) is 36.8 Å². The zero-order chi connectivity index (χ0) is 25.0. The molecule has 0 saturated heterocycles. The Hall–Kier alpha value is -4.32. The molecule has 1 heterocycles. The highest BCUT2D eigenvalue weighted by Gasteiger charge is 2.43. The van der Waals surface area contributed by atoms with Crippen LogP contribution in [0.15, 0.2) is 70.3 Å². The number of amides is 1. The van der Waals surface area contributed by atoms with Crippen LogP contribution in [0.5, 0.6) is 0 Å². The van der Waals surface area contributed by atoms with E-state index in [1.165, 1.54) is 4.57 Å². The number of nitrogens with two attached hydrogens (primary N) is 1. The Balaban J connectivity index is 1.70. The van der Waals surface area contributed by atoms with Crippen LogP contribution in [-0.2, 0) is 17.9 Å². The lowest BCUT2D eigenvalue weighted by molar-refractivity contribution is -0.121. The number of nitriles is 1. The molecular formula is C26H28N6O3. The lowest BCUT2D eigenvalue weighted by Gasteiger charge is -2.28. The van der Waals surface area contributed by atoms with Crippen LogP contribution in [0.1, 0.15) is 30.9 Å². The molecular weight excluding hydrogens is 444 g/mol. The van der Waals surface area contributed by atoms with E-state index >= 15 is 0 Å². The Bertz CT molecular complexity index is 1360. The third-order valence-corrected chi connectivity index (χ3v) is 6.29. The average molecular weight is 473 g/mol. The molecule has 9 heteroatoms. The van der Waals surface area contributed by atoms with Crippen LogP contribution in [0.4, 0.5) is 11.5 Å². The summed E-state index contributed by atoms with van der Waals surface area (Å²) >= 11 is 0. The lowest BCUT2D eigenvalue weighted by Crippen LogP contribution is -2.51. The van der Waals surface area contributed by atoms with Crippen molar-refractivity contribution in [2.75, 3.05) is 17.2 Å². The van der Waals surface area contributed by atoms with Gasteiger partial charge in [0.15, 0.2) is 0 Å². The van der Waals surface area contributed by atoms with Crippen molar-refractivity contribution in [2.45, 2.75) is 38.4 Å². The standard InChI is InChI=1S/C26H28N6O3/c1-26(17-27,20-12-13-20)30-21(33)16-31(14-18-8-4-2-5-9-18)22-23(28)32(25(35)29-24(22)34)15-19-10-6-3-7-11-19/h2-11,20H,12-16,28H2,1H3,(H,30,33)(H,29,34,35). The van der Waals surface area contributed by atoms with Crippen molar-refractivity contribution < 1.29 is 4.79 Å². The summed E-state index contributed by atoms with van der Waals surface area (Å²) < 4.78 is 1.28. The first kappa shape index (κ1) is 23.8. The van der Waals surface area contributed by atoms with E-state index < -0.39 is 22.7 Å². The third-order valence-electron chi connectivity index (χ3n) is 6.29. The molecule has 1 fully saturated rings. The molecule has 3 aromatic rings. The van der Waals surface area contributed by atoms with Gasteiger partial charge in [-0.25, -0.2) is 4.79 Å². The zero-order valence-corrected chi connectivity index (χ0v) is 19.5. The number of hydrogen-bond acceptors (Lipinski definition) is 6. The fraction of sp³-hybridized carbons (Fsp3) is 0.308. The molecule has 9 nitrogen and oxygen atoms in total. The number of anilines is 2. The lowest BCUT2D eigenvalue weighted by atomic mass is 9.98. The van der Waals surface area contributed by atoms with Gasteiger partial charge in [0, 0.05) is 6.54 Å². The topological polar surface area (TPSA) is 137 Å². The van der Waals surface area contributed by atoms with Crippen molar-refractivity contribution in [3.05, 3.63) is 92.6 Å². The van der Waals surface area contributed by atoms with E-state index in [2.05, 4.69) is 16.4 Å². The normalized spacial score (nSPS) is 14.5. The maximum absolute atomic E-state index is 13.1. The highest BCUT2D eigenvalue weighted by Crippen LogP contribution is 2.39. The van der Waals surface area contributed by atoms with Crippen molar-refractivity contribution in [1.82, 2.24) is 14.9 Å². The number of carbonyl (C=O) groups excluding carboxylic acids is 1. The minimum atomic E-state index is -0.973. The molecule has 0 spiro atoms.